The first-order valence-electron chi connectivity index (χ1n) is 6.40. The van der Waals surface area contributed by atoms with Gasteiger partial charge in [0.2, 0.25) is 0 Å². The minimum atomic E-state index is -0.225. The summed E-state index contributed by atoms with van der Waals surface area (Å²) < 4.78 is 10.8. The first-order chi connectivity index (χ1) is 8.76. The van der Waals surface area contributed by atoms with Gasteiger partial charge in [0.05, 0.1) is 37.2 Å². The summed E-state index contributed by atoms with van der Waals surface area (Å²) in [6, 6.07) is 10.7. The Morgan fingerprint density at radius 2 is 2.11 bits per heavy atom. The van der Waals surface area contributed by atoms with Crippen LogP contribution >= 0.6 is 0 Å². The molecule has 0 atom stereocenters. The highest BCUT2D eigenvalue weighted by Gasteiger charge is 2.60. The van der Waals surface area contributed by atoms with Crippen LogP contribution in [0.5, 0.6) is 5.75 Å². The zero-order valence-electron chi connectivity index (χ0n) is 10.6. The molecule has 0 bridgehead atoms. The molecule has 3 heteroatoms. The van der Waals surface area contributed by atoms with E-state index in [9.17, 15) is 5.26 Å². The number of hydrogen-bond acceptors (Lipinski definition) is 3. The highest BCUT2D eigenvalue weighted by atomic mass is 16.5. The van der Waals surface area contributed by atoms with E-state index in [2.05, 4.69) is 18.2 Å². The van der Waals surface area contributed by atoms with Gasteiger partial charge >= 0.3 is 0 Å². The quantitative estimate of drug-likeness (QED) is 0.819. The first-order valence-corrected chi connectivity index (χ1v) is 6.40. The van der Waals surface area contributed by atoms with Crippen molar-refractivity contribution in [3.05, 3.63) is 29.8 Å². The van der Waals surface area contributed by atoms with Gasteiger partial charge in [-0.15, -0.1) is 0 Å². The predicted molar refractivity (Wildman–Crippen MR) is 67.4 cm³/mol. The van der Waals surface area contributed by atoms with Crippen LogP contribution in [0, 0.1) is 16.7 Å². The van der Waals surface area contributed by atoms with E-state index in [0.29, 0.717) is 13.2 Å². The van der Waals surface area contributed by atoms with Gasteiger partial charge in [0, 0.05) is 0 Å². The van der Waals surface area contributed by atoms with Crippen molar-refractivity contribution in [2.75, 3.05) is 20.3 Å². The van der Waals surface area contributed by atoms with Gasteiger partial charge in [-0.3, -0.25) is 0 Å². The van der Waals surface area contributed by atoms with Crippen molar-refractivity contribution in [1.29, 1.82) is 5.26 Å². The van der Waals surface area contributed by atoms with Crippen LogP contribution in [0.2, 0.25) is 0 Å². The van der Waals surface area contributed by atoms with Crippen molar-refractivity contribution >= 4 is 0 Å². The first kappa shape index (κ1) is 11.6. The van der Waals surface area contributed by atoms with Gasteiger partial charge in [-0.05, 0) is 30.5 Å². The number of methoxy groups -OCH3 is 1. The summed E-state index contributed by atoms with van der Waals surface area (Å²) in [4.78, 5) is 0. The lowest BCUT2D eigenvalue weighted by Gasteiger charge is -2.56. The molecule has 1 aromatic rings. The average Bonchev–Trinajstić information content (AvgIpc) is 2.31. The van der Waals surface area contributed by atoms with Crippen LogP contribution in [0.15, 0.2) is 24.3 Å². The molecule has 94 valence electrons. The van der Waals surface area contributed by atoms with Crippen LogP contribution in [-0.4, -0.2) is 20.3 Å². The third kappa shape index (κ3) is 1.33. The number of benzene rings is 1. The van der Waals surface area contributed by atoms with Gasteiger partial charge in [-0.25, -0.2) is 0 Å². The molecule has 3 rings (SSSR count). The molecule has 0 aromatic heterocycles. The molecule has 1 aromatic carbocycles. The Labute approximate surface area is 107 Å². The zero-order chi connectivity index (χ0) is 12.6. The largest absolute Gasteiger partial charge is 0.497 e. The molecule has 1 aliphatic carbocycles. The molecular weight excluding hydrogens is 226 g/mol. The van der Waals surface area contributed by atoms with Crippen molar-refractivity contribution < 1.29 is 9.47 Å². The number of ether oxygens (including phenoxy) is 2. The summed E-state index contributed by atoms with van der Waals surface area (Å²) in [6.45, 7) is 1.32. The Morgan fingerprint density at radius 1 is 1.33 bits per heavy atom. The second-order valence-electron chi connectivity index (χ2n) is 5.35. The van der Waals surface area contributed by atoms with Gasteiger partial charge < -0.3 is 9.47 Å². The van der Waals surface area contributed by atoms with Crippen LogP contribution in [0.4, 0.5) is 0 Å². The number of nitriles is 1. The molecule has 2 fully saturated rings. The zero-order valence-corrected chi connectivity index (χ0v) is 10.6. The van der Waals surface area contributed by atoms with Crippen LogP contribution < -0.4 is 4.74 Å². The normalized spacial score (nSPS) is 23.3. The van der Waals surface area contributed by atoms with E-state index >= 15 is 0 Å². The Bertz CT molecular complexity index is 495. The van der Waals surface area contributed by atoms with Crippen LogP contribution in [0.3, 0.4) is 0 Å². The van der Waals surface area contributed by atoms with Gasteiger partial charge in [-0.2, -0.15) is 5.26 Å². The predicted octanol–water partition coefficient (Wildman–Crippen LogP) is 2.66. The highest BCUT2D eigenvalue weighted by molar-refractivity contribution is 5.40. The SMILES string of the molecule is COc1cccc(C2(C3(C#N)CCC3)COC2)c1. The van der Waals surface area contributed by atoms with Crippen molar-refractivity contribution in [1.82, 2.24) is 0 Å². The lowest BCUT2D eigenvalue weighted by atomic mass is 9.50. The lowest BCUT2D eigenvalue weighted by Crippen LogP contribution is -2.61. The maximum Gasteiger partial charge on any atom is 0.119 e. The molecule has 0 N–H and O–H groups in total. The second kappa shape index (κ2) is 4.00. The second-order valence-corrected chi connectivity index (χ2v) is 5.35. The minimum absolute atomic E-state index is 0.117. The summed E-state index contributed by atoms with van der Waals surface area (Å²) in [7, 11) is 1.67. The fraction of sp³-hybridized carbons (Fsp3) is 0.533. The van der Waals surface area contributed by atoms with Gasteiger partial charge in [-0.1, -0.05) is 18.6 Å². The van der Waals surface area contributed by atoms with Crippen molar-refractivity contribution in [3.8, 4) is 11.8 Å². The van der Waals surface area contributed by atoms with Crippen molar-refractivity contribution in [3.63, 3.8) is 0 Å². The molecule has 0 spiro atoms. The maximum absolute atomic E-state index is 9.59. The molecule has 1 heterocycles. The number of rotatable bonds is 3. The topological polar surface area (TPSA) is 42.2 Å². The molecule has 1 saturated heterocycles. The number of nitrogens with zero attached hydrogens (tertiary/aromatic N) is 1. The average molecular weight is 243 g/mol. The fourth-order valence-electron chi connectivity index (χ4n) is 3.17. The van der Waals surface area contributed by atoms with E-state index in [1.54, 1.807) is 7.11 Å². The molecule has 0 radical (unpaired) electrons. The van der Waals surface area contributed by atoms with Crippen LogP contribution in [0.1, 0.15) is 24.8 Å². The molecular formula is C15H17NO2. The molecule has 2 aliphatic rings. The highest BCUT2D eigenvalue weighted by Crippen LogP contribution is 2.58. The summed E-state index contributed by atoms with van der Waals surface area (Å²) in [5.41, 5.74) is 0.848. The molecule has 0 unspecified atom stereocenters. The van der Waals surface area contributed by atoms with E-state index in [4.69, 9.17) is 9.47 Å². The fourth-order valence-corrected chi connectivity index (χ4v) is 3.17. The monoisotopic (exact) mass is 243 g/mol. The van der Waals surface area contributed by atoms with E-state index in [1.165, 1.54) is 5.56 Å². The molecule has 1 saturated carbocycles. The molecule has 3 nitrogen and oxygen atoms in total. The number of hydrogen-bond donors (Lipinski definition) is 0. The van der Waals surface area contributed by atoms with E-state index < -0.39 is 0 Å². The Kier molecular flexibility index (Phi) is 2.57. The van der Waals surface area contributed by atoms with E-state index in [0.717, 1.165) is 25.0 Å². The third-order valence-electron chi connectivity index (χ3n) is 4.66. The summed E-state index contributed by atoms with van der Waals surface area (Å²) >= 11 is 0. The summed E-state index contributed by atoms with van der Waals surface area (Å²) in [5, 5.41) is 9.59. The van der Waals surface area contributed by atoms with E-state index in [-0.39, 0.29) is 10.8 Å². The Balaban J connectivity index is 2.03. The van der Waals surface area contributed by atoms with Gasteiger partial charge in [0.1, 0.15) is 5.75 Å². The van der Waals surface area contributed by atoms with Crippen molar-refractivity contribution in [2.45, 2.75) is 24.7 Å². The summed E-state index contributed by atoms with van der Waals surface area (Å²) in [5.74, 6) is 0.853. The van der Waals surface area contributed by atoms with Crippen LogP contribution in [-0.2, 0) is 10.2 Å². The summed E-state index contributed by atoms with van der Waals surface area (Å²) in [6.07, 6.45) is 3.13. The maximum atomic E-state index is 9.59. The molecule has 0 amide bonds. The molecule has 18 heavy (non-hydrogen) atoms. The van der Waals surface area contributed by atoms with Gasteiger partial charge in [0.25, 0.3) is 0 Å². The lowest BCUT2D eigenvalue weighted by molar-refractivity contribution is -0.134. The molecule has 1 aliphatic heterocycles. The van der Waals surface area contributed by atoms with Crippen LogP contribution in [0.25, 0.3) is 0 Å². The van der Waals surface area contributed by atoms with Crippen molar-refractivity contribution in [2.24, 2.45) is 5.41 Å². The Hall–Kier alpha value is -1.53. The standard InChI is InChI=1S/C15H17NO2/c1-17-13-5-2-4-12(8-13)15(10-18-11-15)14(9-16)6-3-7-14/h2,4-5,8H,3,6-7,10-11H2,1H3. The Morgan fingerprint density at radius 3 is 2.56 bits per heavy atom. The van der Waals surface area contributed by atoms with Gasteiger partial charge in [0.15, 0.2) is 0 Å². The minimum Gasteiger partial charge on any atom is -0.497 e. The van der Waals surface area contributed by atoms with E-state index in [1.807, 2.05) is 12.1 Å². The third-order valence-corrected chi connectivity index (χ3v) is 4.66. The smallest absolute Gasteiger partial charge is 0.119 e.